The largest absolute Gasteiger partial charge is 0.480 e. The molecule has 8 heteroatoms. The number of carboxylic acids is 1. The van der Waals surface area contributed by atoms with Crippen LogP contribution in [0.3, 0.4) is 0 Å². The highest BCUT2D eigenvalue weighted by Crippen LogP contribution is 2.19. The van der Waals surface area contributed by atoms with E-state index in [0.29, 0.717) is 35.1 Å². The Labute approximate surface area is 138 Å². The Morgan fingerprint density at radius 2 is 2.09 bits per heavy atom. The number of aromatic nitrogens is 2. The van der Waals surface area contributed by atoms with Crippen molar-refractivity contribution in [3.8, 4) is 0 Å². The van der Waals surface area contributed by atoms with E-state index in [1.165, 1.54) is 0 Å². The molecule has 0 bridgehead atoms. The third kappa shape index (κ3) is 2.77. The third-order valence-electron chi connectivity index (χ3n) is 4.18. The number of carbonyl (C=O) groups is 2. The summed E-state index contributed by atoms with van der Waals surface area (Å²) in [5.74, 6) is -1.15. The average molecular weight is 337 g/mol. The quantitative estimate of drug-likeness (QED) is 0.889. The van der Waals surface area contributed by atoms with Crippen LogP contribution in [-0.2, 0) is 4.79 Å². The second kappa shape index (κ2) is 5.82. The lowest BCUT2D eigenvalue weighted by Crippen LogP contribution is -2.56. The van der Waals surface area contributed by atoms with Crippen molar-refractivity contribution in [1.29, 1.82) is 0 Å². The molecule has 1 fully saturated rings. The maximum atomic E-state index is 12.9. The summed E-state index contributed by atoms with van der Waals surface area (Å²) in [5.41, 5.74) is 1.67. The zero-order valence-corrected chi connectivity index (χ0v) is 13.6. The Bertz CT molecular complexity index is 788. The van der Waals surface area contributed by atoms with Gasteiger partial charge in [0.05, 0.1) is 10.7 Å². The predicted molar refractivity (Wildman–Crippen MR) is 84.9 cm³/mol. The van der Waals surface area contributed by atoms with Crippen LogP contribution in [0.25, 0.3) is 5.65 Å². The van der Waals surface area contributed by atoms with Gasteiger partial charge in [0.25, 0.3) is 5.91 Å². The van der Waals surface area contributed by atoms with E-state index in [2.05, 4.69) is 4.98 Å². The molecule has 0 aliphatic carbocycles. The second-order valence-corrected chi connectivity index (χ2v) is 6.14. The van der Waals surface area contributed by atoms with Gasteiger partial charge in [0, 0.05) is 25.8 Å². The van der Waals surface area contributed by atoms with Gasteiger partial charge in [0.15, 0.2) is 0 Å². The number of imidazole rings is 1. The van der Waals surface area contributed by atoms with E-state index in [1.54, 1.807) is 46.5 Å². The van der Waals surface area contributed by atoms with Gasteiger partial charge < -0.3 is 10.0 Å². The molecule has 2 aromatic heterocycles. The Morgan fingerprint density at radius 3 is 2.78 bits per heavy atom. The topological polar surface area (TPSA) is 78.2 Å². The molecular weight excluding hydrogens is 320 g/mol. The molecule has 0 radical (unpaired) electrons. The molecule has 122 valence electrons. The molecule has 1 amide bonds. The molecular formula is C15H17ClN4O3. The summed E-state index contributed by atoms with van der Waals surface area (Å²) in [5, 5.41) is 9.79. The number of nitrogens with zero attached hydrogens (tertiary/aromatic N) is 4. The van der Waals surface area contributed by atoms with Gasteiger partial charge in [0.1, 0.15) is 17.4 Å². The van der Waals surface area contributed by atoms with Gasteiger partial charge in [-0.25, -0.2) is 4.98 Å². The minimum absolute atomic E-state index is 0.151. The third-order valence-corrected chi connectivity index (χ3v) is 4.40. The molecule has 3 heterocycles. The van der Waals surface area contributed by atoms with Crippen molar-refractivity contribution in [3.63, 3.8) is 0 Å². The lowest BCUT2D eigenvalue weighted by Gasteiger charge is -2.37. The number of halogens is 1. The minimum Gasteiger partial charge on any atom is -0.480 e. The van der Waals surface area contributed by atoms with Crippen LogP contribution >= 0.6 is 11.6 Å². The first-order valence-corrected chi connectivity index (χ1v) is 7.63. The summed E-state index contributed by atoms with van der Waals surface area (Å²) in [6.07, 6.45) is 1.65. The molecule has 1 aliphatic rings. The Hall–Kier alpha value is -2.12. The molecule has 1 atom stereocenters. The normalized spacial score (nSPS) is 19.3. The number of aryl methyl sites for hydroxylation is 1. The number of hydrogen-bond acceptors (Lipinski definition) is 4. The van der Waals surface area contributed by atoms with Crippen molar-refractivity contribution in [3.05, 3.63) is 34.7 Å². The summed E-state index contributed by atoms with van der Waals surface area (Å²) in [4.78, 5) is 31.9. The number of hydrogen-bond donors (Lipinski definition) is 1. The SMILES string of the molecule is Cc1nc2ccc(Cl)cn2c1C(=O)N1CCN(C)[C@@H](C(=O)O)C1. The van der Waals surface area contributed by atoms with Crippen LogP contribution in [0.2, 0.25) is 5.02 Å². The van der Waals surface area contributed by atoms with Crippen molar-refractivity contribution in [2.75, 3.05) is 26.7 Å². The standard InChI is InChI=1S/C15H17ClN4O3/c1-9-13(20-7-10(16)3-4-12(20)17-9)14(21)19-6-5-18(2)11(8-19)15(22)23/h3-4,7,11H,5-6,8H2,1-2H3,(H,22,23)/t11-/m1/s1. The lowest BCUT2D eigenvalue weighted by molar-refractivity contribution is -0.144. The number of likely N-dealkylation sites (N-methyl/N-ethyl adjacent to an activating group) is 1. The molecule has 0 aromatic carbocycles. The first kappa shape index (κ1) is 15.8. The van der Waals surface area contributed by atoms with E-state index >= 15 is 0 Å². The van der Waals surface area contributed by atoms with Gasteiger partial charge >= 0.3 is 5.97 Å². The summed E-state index contributed by atoms with van der Waals surface area (Å²) in [6.45, 7) is 2.91. The lowest BCUT2D eigenvalue weighted by atomic mass is 10.1. The number of carboxylic acid groups (broad SMARTS) is 1. The predicted octanol–water partition coefficient (Wildman–Crippen LogP) is 1.14. The summed E-state index contributed by atoms with van der Waals surface area (Å²) < 4.78 is 1.66. The van der Waals surface area contributed by atoms with Crippen molar-refractivity contribution < 1.29 is 14.7 Å². The van der Waals surface area contributed by atoms with Crippen LogP contribution in [-0.4, -0.2) is 68.9 Å². The van der Waals surface area contributed by atoms with Gasteiger partial charge in [-0.1, -0.05) is 11.6 Å². The number of carbonyl (C=O) groups excluding carboxylic acids is 1. The smallest absolute Gasteiger partial charge is 0.322 e. The molecule has 0 spiro atoms. The molecule has 23 heavy (non-hydrogen) atoms. The highest BCUT2D eigenvalue weighted by molar-refractivity contribution is 6.30. The zero-order valence-electron chi connectivity index (χ0n) is 12.9. The van der Waals surface area contributed by atoms with Crippen LogP contribution < -0.4 is 0 Å². The summed E-state index contributed by atoms with van der Waals surface area (Å²) >= 11 is 6.02. The van der Waals surface area contributed by atoms with E-state index in [-0.39, 0.29) is 12.5 Å². The van der Waals surface area contributed by atoms with Crippen LogP contribution in [0.5, 0.6) is 0 Å². The molecule has 1 saturated heterocycles. The average Bonchev–Trinajstić information content (AvgIpc) is 2.82. The highest BCUT2D eigenvalue weighted by Gasteiger charge is 2.33. The van der Waals surface area contributed by atoms with Crippen LogP contribution in [0.4, 0.5) is 0 Å². The molecule has 7 nitrogen and oxygen atoms in total. The number of pyridine rings is 1. The Balaban J connectivity index is 1.96. The summed E-state index contributed by atoms with van der Waals surface area (Å²) in [7, 11) is 1.75. The second-order valence-electron chi connectivity index (χ2n) is 5.71. The first-order valence-electron chi connectivity index (χ1n) is 7.25. The van der Waals surface area contributed by atoms with Crippen molar-refractivity contribution in [2.45, 2.75) is 13.0 Å². The fourth-order valence-electron chi connectivity index (χ4n) is 2.87. The minimum atomic E-state index is -0.928. The van der Waals surface area contributed by atoms with Gasteiger partial charge in [-0.15, -0.1) is 0 Å². The number of aliphatic carboxylic acids is 1. The number of fused-ring (bicyclic) bond motifs is 1. The van der Waals surface area contributed by atoms with E-state index in [0.717, 1.165) is 0 Å². The van der Waals surface area contributed by atoms with E-state index in [4.69, 9.17) is 11.6 Å². The fraction of sp³-hybridized carbons (Fsp3) is 0.400. The summed E-state index contributed by atoms with van der Waals surface area (Å²) in [6, 6.07) is 2.76. The Kier molecular flexibility index (Phi) is 3.99. The maximum Gasteiger partial charge on any atom is 0.322 e. The molecule has 1 N–H and O–H groups in total. The van der Waals surface area contributed by atoms with Gasteiger partial charge in [-0.3, -0.25) is 18.9 Å². The van der Waals surface area contributed by atoms with E-state index in [1.807, 2.05) is 0 Å². The van der Waals surface area contributed by atoms with Crippen molar-refractivity contribution >= 4 is 29.1 Å². The van der Waals surface area contributed by atoms with Gasteiger partial charge in [0.2, 0.25) is 0 Å². The number of rotatable bonds is 2. The van der Waals surface area contributed by atoms with E-state index in [9.17, 15) is 14.7 Å². The van der Waals surface area contributed by atoms with Crippen LogP contribution in [0.1, 0.15) is 16.2 Å². The molecule has 0 unspecified atom stereocenters. The monoisotopic (exact) mass is 336 g/mol. The van der Waals surface area contributed by atoms with Gasteiger partial charge in [-0.05, 0) is 26.1 Å². The number of piperazine rings is 1. The molecule has 0 saturated carbocycles. The van der Waals surface area contributed by atoms with Crippen LogP contribution in [0.15, 0.2) is 18.3 Å². The van der Waals surface area contributed by atoms with Crippen LogP contribution in [0, 0.1) is 6.92 Å². The van der Waals surface area contributed by atoms with Gasteiger partial charge in [-0.2, -0.15) is 0 Å². The Morgan fingerprint density at radius 1 is 1.35 bits per heavy atom. The molecule has 1 aliphatic heterocycles. The fourth-order valence-corrected chi connectivity index (χ4v) is 3.03. The van der Waals surface area contributed by atoms with Crippen molar-refractivity contribution in [1.82, 2.24) is 19.2 Å². The highest BCUT2D eigenvalue weighted by atomic mass is 35.5. The zero-order chi connectivity index (χ0) is 16.7. The molecule has 2 aromatic rings. The maximum absolute atomic E-state index is 12.9. The number of amides is 1. The first-order chi connectivity index (χ1) is 10.9. The van der Waals surface area contributed by atoms with Crippen molar-refractivity contribution in [2.24, 2.45) is 0 Å². The molecule has 3 rings (SSSR count). The van der Waals surface area contributed by atoms with E-state index < -0.39 is 12.0 Å².